The van der Waals surface area contributed by atoms with Gasteiger partial charge in [0.2, 0.25) is 0 Å². The van der Waals surface area contributed by atoms with E-state index in [9.17, 15) is 4.79 Å². The number of rotatable bonds is 5. The van der Waals surface area contributed by atoms with Gasteiger partial charge in [-0.3, -0.25) is 4.79 Å². The molecule has 1 N–H and O–H groups in total. The van der Waals surface area contributed by atoms with Crippen LogP contribution >= 0.6 is 0 Å². The highest BCUT2D eigenvalue weighted by atomic mass is 16.5. The van der Waals surface area contributed by atoms with Gasteiger partial charge < -0.3 is 9.84 Å². The molecule has 1 unspecified atom stereocenters. The Kier molecular flexibility index (Phi) is 5.72. The molecule has 0 bridgehead atoms. The van der Waals surface area contributed by atoms with Crippen molar-refractivity contribution in [1.29, 1.82) is 0 Å². The molecule has 0 aliphatic heterocycles. The Morgan fingerprint density at radius 2 is 1.92 bits per heavy atom. The first-order valence-electron chi connectivity index (χ1n) is 4.46. The molecule has 0 radical (unpaired) electrons. The first kappa shape index (κ1) is 11.4. The van der Waals surface area contributed by atoms with E-state index in [1.165, 1.54) is 0 Å². The van der Waals surface area contributed by atoms with Gasteiger partial charge in [-0.05, 0) is 19.8 Å². The van der Waals surface area contributed by atoms with Crippen molar-refractivity contribution >= 4 is 5.97 Å². The second-order valence-corrected chi connectivity index (χ2v) is 2.99. The van der Waals surface area contributed by atoms with Crippen molar-refractivity contribution in [1.82, 2.24) is 0 Å². The molecule has 0 rings (SSSR count). The SMILES string of the molecule is CCC(CC)C(=O)OCC(C)O. The van der Waals surface area contributed by atoms with Crippen LogP contribution in [-0.4, -0.2) is 23.8 Å². The van der Waals surface area contributed by atoms with Crippen LogP contribution < -0.4 is 0 Å². The van der Waals surface area contributed by atoms with Gasteiger partial charge in [0.1, 0.15) is 6.61 Å². The fourth-order valence-corrected chi connectivity index (χ4v) is 0.943. The summed E-state index contributed by atoms with van der Waals surface area (Å²) in [6.07, 6.45) is 1.04. The second kappa shape index (κ2) is 6.00. The van der Waals surface area contributed by atoms with Crippen LogP contribution in [0.25, 0.3) is 0 Å². The average Bonchev–Trinajstić information content (AvgIpc) is 2.03. The first-order valence-corrected chi connectivity index (χ1v) is 4.46. The highest BCUT2D eigenvalue weighted by molar-refractivity contribution is 5.72. The standard InChI is InChI=1S/C9H18O3/c1-4-8(5-2)9(11)12-6-7(3)10/h7-8,10H,4-6H2,1-3H3. The monoisotopic (exact) mass is 174 g/mol. The minimum Gasteiger partial charge on any atom is -0.463 e. The lowest BCUT2D eigenvalue weighted by Crippen LogP contribution is -2.21. The number of hydrogen-bond acceptors (Lipinski definition) is 3. The van der Waals surface area contributed by atoms with Gasteiger partial charge >= 0.3 is 5.97 Å². The van der Waals surface area contributed by atoms with Crippen molar-refractivity contribution < 1.29 is 14.6 Å². The molecule has 12 heavy (non-hydrogen) atoms. The van der Waals surface area contributed by atoms with Gasteiger partial charge in [0, 0.05) is 0 Å². The highest BCUT2D eigenvalue weighted by Gasteiger charge is 2.15. The molecule has 0 saturated heterocycles. The number of aliphatic hydroxyl groups is 1. The van der Waals surface area contributed by atoms with E-state index in [0.717, 1.165) is 12.8 Å². The molecule has 0 aromatic carbocycles. The van der Waals surface area contributed by atoms with E-state index in [2.05, 4.69) is 0 Å². The summed E-state index contributed by atoms with van der Waals surface area (Å²) in [5.74, 6) is -0.204. The third-order valence-corrected chi connectivity index (χ3v) is 1.79. The third-order valence-electron chi connectivity index (χ3n) is 1.79. The number of carbonyl (C=O) groups excluding carboxylic acids is 1. The van der Waals surface area contributed by atoms with Gasteiger partial charge in [0.15, 0.2) is 0 Å². The number of aliphatic hydroxyl groups excluding tert-OH is 1. The summed E-state index contributed by atoms with van der Waals surface area (Å²) in [6.45, 7) is 5.62. The van der Waals surface area contributed by atoms with E-state index >= 15 is 0 Å². The van der Waals surface area contributed by atoms with Crippen LogP contribution in [0.3, 0.4) is 0 Å². The van der Waals surface area contributed by atoms with Gasteiger partial charge in [-0.2, -0.15) is 0 Å². The van der Waals surface area contributed by atoms with E-state index in [-0.39, 0.29) is 18.5 Å². The lowest BCUT2D eigenvalue weighted by atomic mass is 10.0. The molecule has 0 fully saturated rings. The summed E-state index contributed by atoms with van der Waals surface area (Å²) in [4.78, 5) is 11.2. The van der Waals surface area contributed by atoms with Crippen molar-refractivity contribution in [2.45, 2.75) is 39.7 Å². The Bertz CT molecular complexity index is 128. The molecule has 0 aromatic rings. The Labute approximate surface area is 73.7 Å². The third kappa shape index (κ3) is 4.34. The topological polar surface area (TPSA) is 46.5 Å². The summed E-state index contributed by atoms with van der Waals surface area (Å²) in [5, 5.41) is 8.85. The predicted octanol–water partition coefficient (Wildman–Crippen LogP) is 1.35. The van der Waals surface area contributed by atoms with Crippen LogP contribution in [0.4, 0.5) is 0 Å². The van der Waals surface area contributed by atoms with Crippen LogP contribution in [0.5, 0.6) is 0 Å². The molecule has 1 atom stereocenters. The Hall–Kier alpha value is -0.570. The van der Waals surface area contributed by atoms with E-state index in [1.807, 2.05) is 13.8 Å². The maximum absolute atomic E-state index is 11.2. The zero-order valence-electron chi connectivity index (χ0n) is 8.04. The number of esters is 1. The molecule has 0 heterocycles. The van der Waals surface area contributed by atoms with Crippen LogP contribution in [0, 0.1) is 5.92 Å². The van der Waals surface area contributed by atoms with Gasteiger partial charge in [0.05, 0.1) is 12.0 Å². The van der Waals surface area contributed by atoms with Crippen molar-refractivity contribution in [2.24, 2.45) is 5.92 Å². The van der Waals surface area contributed by atoms with Gasteiger partial charge in [-0.15, -0.1) is 0 Å². The van der Waals surface area contributed by atoms with Crippen LogP contribution in [-0.2, 0) is 9.53 Å². The van der Waals surface area contributed by atoms with Crippen molar-refractivity contribution in [3.63, 3.8) is 0 Å². The smallest absolute Gasteiger partial charge is 0.308 e. The summed E-state index contributed by atoms with van der Waals surface area (Å²) < 4.78 is 4.86. The summed E-state index contributed by atoms with van der Waals surface area (Å²) >= 11 is 0. The normalized spacial score (nSPS) is 13.1. The summed E-state index contributed by atoms with van der Waals surface area (Å²) in [6, 6.07) is 0. The summed E-state index contributed by atoms with van der Waals surface area (Å²) in [7, 11) is 0. The maximum Gasteiger partial charge on any atom is 0.308 e. The molecule has 3 heteroatoms. The lowest BCUT2D eigenvalue weighted by Gasteiger charge is -2.12. The van der Waals surface area contributed by atoms with Gasteiger partial charge in [-0.1, -0.05) is 13.8 Å². The number of hydrogen-bond donors (Lipinski definition) is 1. The molecule has 0 amide bonds. The van der Waals surface area contributed by atoms with Crippen molar-refractivity contribution in [3.8, 4) is 0 Å². The van der Waals surface area contributed by atoms with Gasteiger partial charge in [0.25, 0.3) is 0 Å². The Morgan fingerprint density at radius 3 is 2.25 bits per heavy atom. The van der Waals surface area contributed by atoms with Crippen LogP contribution in [0.15, 0.2) is 0 Å². The fraction of sp³-hybridized carbons (Fsp3) is 0.889. The number of carbonyl (C=O) groups is 1. The van der Waals surface area contributed by atoms with Crippen LogP contribution in [0.2, 0.25) is 0 Å². The van der Waals surface area contributed by atoms with Crippen molar-refractivity contribution in [3.05, 3.63) is 0 Å². The summed E-state index contributed by atoms with van der Waals surface area (Å²) in [5.41, 5.74) is 0. The fourth-order valence-electron chi connectivity index (χ4n) is 0.943. The largest absolute Gasteiger partial charge is 0.463 e. The molecule has 72 valence electrons. The first-order chi connectivity index (χ1) is 5.61. The molecule has 0 saturated carbocycles. The molecular formula is C9H18O3. The Morgan fingerprint density at radius 1 is 1.42 bits per heavy atom. The van der Waals surface area contributed by atoms with Gasteiger partial charge in [-0.25, -0.2) is 0 Å². The molecule has 0 aromatic heterocycles. The molecule has 3 nitrogen and oxygen atoms in total. The molecular weight excluding hydrogens is 156 g/mol. The van der Waals surface area contributed by atoms with E-state index in [0.29, 0.717) is 0 Å². The van der Waals surface area contributed by atoms with E-state index < -0.39 is 6.10 Å². The molecule has 0 aliphatic carbocycles. The highest BCUT2D eigenvalue weighted by Crippen LogP contribution is 2.09. The number of ether oxygens (including phenoxy) is 1. The quantitative estimate of drug-likeness (QED) is 0.640. The van der Waals surface area contributed by atoms with E-state index in [1.54, 1.807) is 6.92 Å². The zero-order valence-corrected chi connectivity index (χ0v) is 8.04. The minimum absolute atomic E-state index is 0.0104. The minimum atomic E-state index is -0.566. The zero-order chi connectivity index (χ0) is 9.56. The maximum atomic E-state index is 11.2. The van der Waals surface area contributed by atoms with E-state index in [4.69, 9.17) is 9.84 Å². The second-order valence-electron chi connectivity index (χ2n) is 2.99. The average molecular weight is 174 g/mol. The van der Waals surface area contributed by atoms with Crippen molar-refractivity contribution in [2.75, 3.05) is 6.61 Å². The predicted molar refractivity (Wildman–Crippen MR) is 46.7 cm³/mol. The lowest BCUT2D eigenvalue weighted by molar-refractivity contribution is -0.151. The Balaban J connectivity index is 3.69. The molecule has 0 aliphatic rings. The van der Waals surface area contributed by atoms with Crippen LogP contribution in [0.1, 0.15) is 33.6 Å². The molecule has 0 spiro atoms.